The standard InChI is InChI=1S/C14H15N3O/c1-2-6-14-12(4-1)10-16-17(14)8-7-15-11-13-5-3-9-18-13/h1-6,9-10,15H,7-8,11H2. The molecule has 0 saturated heterocycles. The number of rotatable bonds is 5. The van der Waals surface area contributed by atoms with Crippen molar-refractivity contribution < 1.29 is 4.42 Å². The molecule has 0 radical (unpaired) electrons. The van der Waals surface area contributed by atoms with Crippen LogP contribution in [0, 0.1) is 0 Å². The van der Waals surface area contributed by atoms with Crippen LogP contribution in [0.5, 0.6) is 0 Å². The number of hydrogen-bond donors (Lipinski definition) is 1. The van der Waals surface area contributed by atoms with Crippen molar-refractivity contribution in [2.24, 2.45) is 0 Å². The van der Waals surface area contributed by atoms with E-state index in [2.05, 4.69) is 22.5 Å². The summed E-state index contributed by atoms with van der Waals surface area (Å²) in [5.41, 5.74) is 1.18. The molecule has 18 heavy (non-hydrogen) atoms. The van der Waals surface area contributed by atoms with Gasteiger partial charge in [0.2, 0.25) is 0 Å². The summed E-state index contributed by atoms with van der Waals surface area (Å²) in [5, 5.41) is 8.90. The molecule has 92 valence electrons. The van der Waals surface area contributed by atoms with Crippen molar-refractivity contribution in [2.45, 2.75) is 13.1 Å². The van der Waals surface area contributed by atoms with E-state index >= 15 is 0 Å². The van der Waals surface area contributed by atoms with Gasteiger partial charge in [0, 0.05) is 11.9 Å². The van der Waals surface area contributed by atoms with Crippen LogP contribution >= 0.6 is 0 Å². The number of para-hydroxylation sites is 1. The van der Waals surface area contributed by atoms with Gasteiger partial charge in [0.25, 0.3) is 0 Å². The summed E-state index contributed by atoms with van der Waals surface area (Å²) in [6.45, 7) is 2.48. The Bertz CT molecular complexity index is 613. The van der Waals surface area contributed by atoms with E-state index in [0.717, 1.165) is 25.4 Å². The quantitative estimate of drug-likeness (QED) is 0.698. The molecule has 1 aromatic carbocycles. The minimum absolute atomic E-state index is 0.756. The molecule has 2 heterocycles. The minimum atomic E-state index is 0.756. The van der Waals surface area contributed by atoms with Crippen molar-refractivity contribution in [3.8, 4) is 0 Å². The normalized spacial score (nSPS) is 11.1. The van der Waals surface area contributed by atoms with Gasteiger partial charge in [-0.2, -0.15) is 5.10 Å². The number of furan rings is 1. The maximum Gasteiger partial charge on any atom is 0.117 e. The molecule has 1 N–H and O–H groups in total. The molecule has 2 aromatic heterocycles. The van der Waals surface area contributed by atoms with Crippen LogP contribution in [0.25, 0.3) is 10.9 Å². The van der Waals surface area contributed by atoms with E-state index < -0.39 is 0 Å². The van der Waals surface area contributed by atoms with Crippen LogP contribution in [0.4, 0.5) is 0 Å². The van der Waals surface area contributed by atoms with Crippen molar-refractivity contribution in [3.05, 3.63) is 54.6 Å². The fourth-order valence-electron chi connectivity index (χ4n) is 2.01. The summed E-state index contributed by atoms with van der Waals surface area (Å²) in [6.07, 6.45) is 3.60. The maximum absolute atomic E-state index is 5.26. The Balaban J connectivity index is 1.57. The molecule has 0 amide bonds. The van der Waals surface area contributed by atoms with Crippen LogP contribution in [-0.4, -0.2) is 16.3 Å². The second-order valence-electron chi connectivity index (χ2n) is 4.18. The summed E-state index contributed by atoms with van der Waals surface area (Å²) in [6, 6.07) is 12.1. The molecule has 0 aliphatic heterocycles. The van der Waals surface area contributed by atoms with Crippen molar-refractivity contribution in [2.75, 3.05) is 6.54 Å². The van der Waals surface area contributed by atoms with E-state index in [-0.39, 0.29) is 0 Å². The highest BCUT2D eigenvalue weighted by atomic mass is 16.3. The van der Waals surface area contributed by atoms with E-state index in [1.54, 1.807) is 6.26 Å². The Hall–Kier alpha value is -2.07. The zero-order chi connectivity index (χ0) is 12.2. The molecule has 0 spiro atoms. The molecular formula is C14H15N3O. The van der Waals surface area contributed by atoms with Crippen LogP contribution in [0.15, 0.2) is 53.3 Å². The summed E-state index contributed by atoms with van der Waals surface area (Å²) in [4.78, 5) is 0. The molecule has 3 rings (SSSR count). The molecule has 0 saturated carbocycles. The van der Waals surface area contributed by atoms with Crippen LogP contribution < -0.4 is 5.32 Å². The lowest BCUT2D eigenvalue weighted by atomic mass is 10.2. The van der Waals surface area contributed by atoms with Crippen molar-refractivity contribution >= 4 is 10.9 Å². The van der Waals surface area contributed by atoms with E-state index in [0.29, 0.717) is 0 Å². The number of hydrogen-bond acceptors (Lipinski definition) is 3. The zero-order valence-electron chi connectivity index (χ0n) is 10.0. The molecule has 4 nitrogen and oxygen atoms in total. The third-order valence-corrected chi connectivity index (χ3v) is 2.93. The van der Waals surface area contributed by atoms with E-state index in [4.69, 9.17) is 4.42 Å². The molecule has 4 heteroatoms. The number of fused-ring (bicyclic) bond motifs is 1. The van der Waals surface area contributed by atoms with Gasteiger partial charge in [0.15, 0.2) is 0 Å². The Kier molecular flexibility index (Phi) is 3.10. The van der Waals surface area contributed by atoms with Crippen LogP contribution in [0.2, 0.25) is 0 Å². The summed E-state index contributed by atoms with van der Waals surface area (Å²) in [7, 11) is 0. The predicted octanol–water partition coefficient (Wildman–Crippen LogP) is 2.42. The lowest BCUT2D eigenvalue weighted by Gasteiger charge is -2.04. The molecule has 3 aromatic rings. The fourth-order valence-corrected chi connectivity index (χ4v) is 2.01. The summed E-state index contributed by atoms with van der Waals surface area (Å²) < 4.78 is 7.27. The molecule has 0 bridgehead atoms. The highest BCUT2D eigenvalue weighted by Crippen LogP contribution is 2.11. The smallest absolute Gasteiger partial charge is 0.117 e. The Labute approximate surface area is 105 Å². The molecule has 0 atom stereocenters. The molecule has 0 aliphatic rings. The predicted molar refractivity (Wildman–Crippen MR) is 70.1 cm³/mol. The van der Waals surface area contributed by atoms with Gasteiger partial charge in [-0.05, 0) is 18.2 Å². The Morgan fingerprint density at radius 3 is 3.00 bits per heavy atom. The highest BCUT2D eigenvalue weighted by Gasteiger charge is 2.01. The average molecular weight is 241 g/mol. The average Bonchev–Trinajstić information content (AvgIpc) is 3.04. The van der Waals surface area contributed by atoms with E-state index in [1.807, 2.05) is 35.1 Å². The first-order chi connectivity index (χ1) is 8.93. The maximum atomic E-state index is 5.26. The van der Waals surface area contributed by atoms with E-state index in [1.165, 1.54) is 10.9 Å². The fraction of sp³-hybridized carbons (Fsp3) is 0.214. The van der Waals surface area contributed by atoms with Gasteiger partial charge < -0.3 is 9.73 Å². The Morgan fingerprint density at radius 1 is 1.17 bits per heavy atom. The highest BCUT2D eigenvalue weighted by molar-refractivity contribution is 5.78. The largest absolute Gasteiger partial charge is 0.468 e. The van der Waals surface area contributed by atoms with Crippen LogP contribution in [0.3, 0.4) is 0 Å². The van der Waals surface area contributed by atoms with Crippen LogP contribution in [-0.2, 0) is 13.1 Å². The van der Waals surface area contributed by atoms with Gasteiger partial charge >= 0.3 is 0 Å². The summed E-state index contributed by atoms with van der Waals surface area (Å²) >= 11 is 0. The number of nitrogens with one attached hydrogen (secondary N) is 1. The van der Waals surface area contributed by atoms with Gasteiger partial charge in [-0.15, -0.1) is 0 Å². The molecule has 0 fully saturated rings. The van der Waals surface area contributed by atoms with Crippen molar-refractivity contribution in [1.29, 1.82) is 0 Å². The second-order valence-corrected chi connectivity index (χ2v) is 4.18. The number of benzene rings is 1. The van der Waals surface area contributed by atoms with Crippen LogP contribution in [0.1, 0.15) is 5.76 Å². The summed E-state index contributed by atoms with van der Waals surface area (Å²) in [5.74, 6) is 0.959. The zero-order valence-corrected chi connectivity index (χ0v) is 10.0. The first-order valence-corrected chi connectivity index (χ1v) is 6.07. The first-order valence-electron chi connectivity index (χ1n) is 6.07. The number of aromatic nitrogens is 2. The number of nitrogens with zero attached hydrogens (tertiary/aromatic N) is 2. The lowest BCUT2D eigenvalue weighted by Crippen LogP contribution is -2.19. The second kappa shape index (κ2) is 5.06. The van der Waals surface area contributed by atoms with Gasteiger partial charge in [0.05, 0.1) is 31.1 Å². The minimum Gasteiger partial charge on any atom is -0.468 e. The molecule has 0 aliphatic carbocycles. The van der Waals surface area contributed by atoms with Crippen molar-refractivity contribution in [1.82, 2.24) is 15.1 Å². The Morgan fingerprint density at radius 2 is 2.11 bits per heavy atom. The van der Waals surface area contributed by atoms with Crippen molar-refractivity contribution in [3.63, 3.8) is 0 Å². The topological polar surface area (TPSA) is 43.0 Å². The first kappa shape index (κ1) is 11.0. The third-order valence-electron chi connectivity index (χ3n) is 2.93. The SMILES string of the molecule is c1coc(CNCCn2ncc3ccccc32)c1. The van der Waals surface area contributed by atoms with E-state index in [9.17, 15) is 0 Å². The van der Waals surface area contributed by atoms with Gasteiger partial charge in [-0.25, -0.2) is 0 Å². The monoisotopic (exact) mass is 241 g/mol. The third kappa shape index (κ3) is 2.28. The van der Waals surface area contributed by atoms with Gasteiger partial charge in [-0.3, -0.25) is 4.68 Å². The molecule has 0 unspecified atom stereocenters. The molecular weight excluding hydrogens is 226 g/mol. The lowest BCUT2D eigenvalue weighted by molar-refractivity contribution is 0.472. The van der Waals surface area contributed by atoms with Gasteiger partial charge in [0.1, 0.15) is 5.76 Å². The van der Waals surface area contributed by atoms with Gasteiger partial charge in [-0.1, -0.05) is 18.2 Å².